The molecule has 0 aliphatic rings. The fourth-order valence-corrected chi connectivity index (χ4v) is 2.26. The maximum atomic E-state index is 11.6. The first-order valence-electron chi connectivity index (χ1n) is 5.27. The Balaban J connectivity index is 1.91. The van der Waals surface area contributed by atoms with Crippen LogP contribution in [-0.2, 0) is 6.54 Å². The summed E-state index contributed by atoms with van der Waals surface area (Å²) in [6, 6.07) is 8.55. The number of hydrogen-bond acceptors (Lipinski definition) is 3. The topological polar surface area (TPSA) is 67.1 Å². The minimum absolute atomic E-state index is 0.296. The smallest absolute Gasteiger partial charge is 0.319 e. The van der Waals surface area contributed by atoms with Gasteiger partial charge < -0.3 is 16.4 Å². The van der Waals surface area contributed by atoms with Crippen molar-refractivity contribution in [3.05, 3.63) is 45.6 Å². The van der Waals surface area contributed by atoms with Crippen molar-refractivity contribution in [1.29, 1.82) is 0 Å². The molecule has 1 heterocycles. The molecule has 2 aromatic rings. The molecule has 2 amide bonds. The molecule has 1 aromatic heterocycles. The number of nitrogens with one attached hydrogen (secondary N) is 2. The van der Waals surface area contributed by atoms with E-state index in [0.29, 0.717) is 22.9 Å². The lowest BCUT2D eigenvalue weighted by molar-refractivity contribution is 0.252. The number of urea groups is 1. The molecular weight excluding hydrogens is 270 g/mol. The second kappa shape index (κ2) is 5.75. The van der Waals surface area contributed by atoms with E-state index in [-0.39, 0.29) is 6.03 Å². The van der Waals surface area contributed by atoms with Gasteiger partial charge >= 0.3 is 6.03 Å². The highest BCUT2D eigenvalue weighted by molar-refractivity contribution is 7.09. The Hall–Kier alpha value is -1.72. The van der Waals surface area contributed by atoms with E-state index >= 15 is 0 Å². The maximum absolute atomic E-state index is 11.6. The zero-order chi connectivity index (χ0) is 13.0. The summed E-state index contributed by atoms with van der Waals surface area (Å²) in [5.41, 5.74) is 6.67. The summed E-state index contributed by atoms with van der Waals surface area (Å²) < 4.78 is 0. The molecule has 0 saturated carbocycles. The fraction of sp³-hybridized carbons (Fsp3) is 0.0833. The normalized spacial score (nSPS) is 10.1. The van der Waals surface area contributed by atoms with Crippen molar-refractivity contribution in [2.45, 2.75) is 6.54 Å². The molecule has 0 aliphatic heterocycles. The van der Waals surface area contributed by atoms with Crippen molar-refractivity contribution >= 4 is 40.3 Å². The second-order valence-corrected chi connectivity index (χ2v) is 5.07. The van der Waals surface area contributed by atoms with E-state index in [9.17, 15) is 4.79 Å². The number of carbonyl (C=O) groups is 1. The lowest BCUT2D eigenvalue weighted by Gasteiger charge is -2.08. The van der Waals surface area contributed by atoms with E-state index in [1.807, 2.05) is 17.5 Å². The Morgan fingerprint density at radius 2 is 2.22 bits per heavy atom. The van der Waals surface area contributed by atoms with Gasteiger partial charge in [-0.1, -0.05) is 17.7 Å². The predicted molar refractivity (Wildman–Crippen MR) is 76.0 cm³/mol. The average molecular weight is 282 g/mol. The van der Waals surface area contributed by atoms with E-state index < -0.39 is 0 Å². The van der Waals surface area contributed by atoms with E-state index in [2.05, 4.69) is 10.6 Å². The first-order valence-corrected chi connectivity index (χ1v) is 6.53. The zero-order valence-corrected chi connectivity index (χ0v) is 11.0. The second-order valence-electron chi connectivity index (χ2n) is 3.63. The van der Waals surface area contributed by atoms with Gasteiger partial charge in [0.05, 0.1) is 17.3 Å². The SMILES string of the molecule is Nc1ccc(NC(=O)NCc2cccs2)c(Cl)c1. The quantitative estimate of drug-likeness (QED) is 0.756. The van der Waals surface area contributed by atoms with Gasteiger partial charge in [-0.3, -0.25) is 0 Å². The molecule has 6 heteroatoms. The molecule has 94 valence electrons. The molecule has 0 bridgehead atoms. The minimum Gasteiger partial charge on any atom is -0.399 e. The van der Waals surface area contributed by atoms with Crippen molar-refractivity contribution in [2.75, 3.05) is 11.1 Å². The Kier molecular flexibility index (Phi) is 4.07. The van der Waals surface area contributed by atoms with Gasteiger partial charge in [-0.05, 0) is 29.6 Å². The van der Waals surface area contributed by atoms with Gasteiger partial charge in [0.1, 0.15) is 0 Å². The van der Waals surface area contributed by atoms with Gasteiger partial charge in [0.15, 0.2) is 0 Å². The van der Waals surface area contributed by atoms with Gasteiger partial charge in [-0.2, -0.15) is 0 Å². The van der Waals surface area contributed by atoms with E-state index in [4.69, 9.17) is 17.3 Å². The Labute approximate surface area is 114 Å². The molecular formula is C12H12ClN3OS. The molecule has 1 aromatic carbocycles. The highest BCUT2D eigenvalue weighted by Crippen LogP contribution is 2.23. The number of hydrogen-bond donors (Lipinski definition) is 3. The van der Waals surface area contributed by atoms with Crippen LogP contribution in [0.1, 0.15) is 4.88 Å². The van der Waals surface area contributed by atoms with Crippen LogP contribution in [0, 0.1) is 0 Å². The van der Waals surface area contributed by atoms with Gasteiger partial charge in [0.2, 0.25) is 0 Å². The highest BCUT2D eigenvalue weighted by Gasteiger charge is 2.05. The lowest BCUT2D eigenvalue weighted by Crippen LogP contribution is -2.27. The summed E-state index contributed by atoms with van der Waals surface area (Å²) in [4.78, 5) is 12.7. The molecule has 0 atom stereocenters. The number of rotatable bonds is 3. The van der Waals surface area contributed by atoms with Crippen molar-refractivity contribution in [3.8, 4) is 0 Å². The third-order valence-corrected chi connectivity index (χ3v) is 3.43. The predicted octanol–water partition coefficient (Wildman–Crippen LogP) is 3.31. The Morgan fingerprint density at radius 3 is 2.89 bits per heavy atom. The molecule has 4 nitrogen and oxygen atoms in total. The fourth-order valence-electron chi connectivity index (χ4n) is 1.38. The Morgan fingerprint density at radius 1 is 1.39 bits per heavy atom. The summed E-state index contributed by atoms with van der Waals surface area (Å²) in [5, 5.41) is 7.79. The van der Waals surface area contributed by atoms with E-state index in [1.165, 1.54) is 0 Å². The number of carbonyl (C=O) groups excluding carboxylic acids is 1. The Bertz CT molecular complexity index is 542. The van der Waals surface area contributed by atoms with Crippen LogP contribution >= 0.6 is 22.9 Å². The third-order valence-electron chi connectivity index (χ3n) is 2.24. The molecule has 0 saturated heterocycles. The van der Waals surface area contributed by atoms with Crippen LogP contribution in [0.4, 0.5) is 16.2 Å². The van der Waals surface area contributed by atoms with E-state index in [0.717, 1.165) is 4.88 Å². The van der Waals surface area contributed by atoms with Crippen LogP contribution in [0.15, 0.2) is 35.7 Å². The van der Waals surface area contributed by atoms with Crippen LogP contribution in [0.2, 0.25) is 5.02 Å². The summed E-state index contributed by atoms with van der Waals surface area (Å²) >= 11 is 7.54. The van der Waals surface area contributed by atoms with Crippen LogP contribution in [0.5, 0.6) is 0 Å². The van der Waals surface area contributed by atoms with Crippen LogP contribution < -0.4 is 16.4 Å². The molecule has 0 radical (unpaired) electrons. The van der Waals surface area contributed by atoms with E-state index in [1.54, 1.807) is 29.5 Å². The molecule has 2 rings (SSSR count). The van der Waals surface area contributed by atoms with Crippen molar-refractivity contribution in [3.63, 3.8) is 0 Å². The molecule has 0 spiro atoms. The number of nitrogens with two attached hydrogens (primary N) is 1. The van der Waals surface area contributed by atoms with Crippen molar-refractivity contribution < 1.29 is 4.79 Å². The summed E-state index contributed by atoms with van der Waals surface area (Å²) in [6.45, 7) is 0.496. The molecule has 0 aliphatic carbocycles. The van der Waals surface area contributed by atoms with Gasteiger partial charge in [0, 0.05) is 10.6 Å². The number of amides is 2. The monoisotopic (exact) mass is 281 g/mol. The van der Waals surface area contributed by atoms with Crippen LogP contribution in [-0.4, -0.2) is 6.03 Å². The number of nitrogen functional groups attached to an aromatic ring is 1. The first kappa shape index (κ1) is 12.7. The first-order chi connectivity index (χ1) is 8.65. The standard InChI is InChI=1S/C12H12ClN3OS/c13-10-6-8(14)3-4-11(10)16-12(17)15-7-9-2-1-5-18-9/h1-6H,7,14H2,(H2,15,16,17). The van der Waals surface area contributed by atoms with Crippen LogP contribution in [0.3, 0.4) is 0 Å². The number of halogens is 1. The van der Waals surface area contributed by atoms with Crippen molar-refractivity contribution in [1.82, 2.24) is 5.32 Å². The number of anilines is 2. The number of thiophene rings is 1. The van der Waals surface area contributed by atoms with Gasteiger partial charge in [-0.25, -0.2) is 4.79 Å². The third kappa shape index (κ3) is 3.38. The molecule has 18 heavy (non-hydrogen) atoms. The maximum Gasteiger partial charge on any atom is 0.319 e. The van der Waals surface area contributed by atoms with Crippen molar-refractivity contribution in [2.24, 2.45) is 0 Å². The molecule has 4 N–H and O–H groups in total. The largest absolute Gasteiger partial charge is 0.399 e. The molecule has 0 unspecified atom stereocenters. The summed E-state index contributed by atoms with van der Waals surface area (Å²) in [5.74, 6) is 0. The van der Waals surface area contributed by atoms with Gasteiger partial charge in [0.25, 0.3) is 0 Å². The minimum atomic E-state index is -0.296. The summed E-state index contributed by atoms with van der Waals surface area (Å²) in [6.07, 6.45) is 0. The molecule has 0 fully saturated rings. The zero-order valence-electron chi connectivity index (χ0n) is 9.44. The van der Waals surface area contributed by atoms with Crippen LogP contribution in [0.25, 0.3) is 0 Å². The average Bonchev–Trinajstić information content (AvgIpc) is 2.83. The highest BCUT2D eigenvalue weighted by atomic mass is 35.5. The van der Waals surface area contributed by atoms with Gasteiger partial charge in [-0.15, -0.1) is 11.3 Å². The number of benzene rings is 1. The lowest BCUT2D eigenvalue weighted by atomic mass is 10.3. The summed E-state index contributed by atoms with van der Waals surface area (Å²) in [7, 11) is 0.